The highest BCUT2D eigenvalue weighted by atomic mass is 32.1. The van der Waals surface area contributed by atoms with Crippen LogP contribution in [-0.4, -0.2) is 54.3 Å². The molecule has 3 aromatic rings. The molecule has 1 atom stereocenters. The van der Waals surface area contributed by atoms with Crippen LogP contribution >= 0.6 is 11.3 Å². The largest absolute Gasteiger partial charge is 0.381 e. The zero-order valence-electron chi connectivity index (χ0n) is 23.7. The van der Waals surface area contributed by atoms with Crippen LogP contribution in [0.1, 0.15) is 56.0 Å². The number of nitrogens with one attached hydrogen (secondary N) is 2. The molecule has 214 valence electrons. The van der Waals surface area contributed by atoms with Crippen molar-refractivity contribution in [2.45, 2.75) is 52.5 Å². The van der Waals surface area contributed by atoms with E-state index in [0.717, 1.165) is 42.4 Å². The summed E-state index contributed by atoms with van der Waals surface area (Å²) in [4.78, 5) is 28.9. The average molecular weight is 566 g/mol. The lowest BCUT2D eigenvalue weighted by molar-refractivity contribution is -0.115. The summed E-state index contributed by atoms with van der Waals surface area (Å²) in [5.41, 5.74) is 2.52. The standard InChI is InChI=1S/C21H19N5O3S.C9H20O/c1-14-3-2-4-15(7-14)17-10-30-20(24-17)25-18(27)8-23-19(28)16-5-6-26(9-16)21(11-22)12-29-13-21;1-4-7-10-8-6-9(3)5-2/h2-7,9-10H,8,12-13H2,1H3,(H,23,28)(H,24,25,27);9H,4-8H2,1-3H3. The third-order valence-electron chi connectivity index (χ3n) is 6.61. The number of thiazole rings is 1. The Morgan fingerprint density at radius 2 is 2.08 bits per heavy atom. The fraction of sp³-hybridized carbons (Fsp3) is 0.467. The van der Waals surface area contributed by atoms with Crippen LogP contribution in [0, 0.1) is 24.2 Å². The highest BCUT2D eigenvalue weighted by molar-refractivity contribution is 7.14. The van der Waals surface area contributed by atoms with Crippen LogP contribution in [0.3, 0.4) is 0 Å². The molecule has 40 heavy (non-hydrogen) atoms. The van der Waals surface area contributed by atoms with Crippen LogP contribution in [0.2, 0.25) is 0 Å². The summed E-state index contributed by atoms with van der Waals surface area (Å²) >= 11 is 1.33. The highest BCUT2D eigenvalue weighted by Gasteiger charge is 2.40. The van der Waals surface area contributed by atoms with Crippen molar-refractivity contribution in [2.75, 3.05) is 38.3 Å². The van der Waals surface area contributed by atoms with Gasteiger partial charge in [0.15, 0.2) is 10.7 Å². The topological polar surface area (TPSA) is 118 Å². The van der Waals surface area contributed by atoms with E-state index in [-0.39, 0.29) is 12.5 Å². The van der Waals surface area contributed by atoms with Crippen LogP contribution in [0.25, 0.3) is 11.3 Å². The van der Waals surface area contributed by atoms with Gasteiger partial charge in [-0.25, -0.2) is 4.98 Å². The van der Waals surface area contributed by atoms with Crippen LogP contribution in [-0.2, 0) is 19.8 Å². The van der Waals surface area contributed by atoms with Gasteiger partial charge in [-0.1, -0.05) is 51.0 Å². The minimum atomic E-state index is -0.754. The van der Waals surface area contributed by atoms with Gasteiger partial charge in [-0.15, -0.1) is 11.3 Å². The van der Waals surface area contributed by atoms with Crippen molar-refractivity contribution in [2.24, 2.45) is 5.92 Å². The molecule has 9 nitrogen and oxygen atoms in total. The number of aryl methyl sites for hydroxylation is 1. The lowest BCUT2D eigenvalue weighted by Gasteiger charge is -2.36. The summed E-state index contributed by atoms with van der Waals surface area (Å²) in [7, 11) is 0. The number of anilines is 1. The number of hydrogen-bond donors (Lipinski definition) is 2. The highest BCUT2D eigenvalue weighted by Crippen LogP contribution is 2.27. The first-order valence-electron chi connectivity index (χ1n) is 13.7. The Bertz CT molecular complexity index is 1290. The van der Waals surface area contributed by atoms with E-state index >= 15 is 0 Å². The second-order valence-corrected chi connectivity index (χ2v) is 10.9. The van der Waals surface area contributed by atoms with Crippen molar-refractivity contribution in [3.05, 3.63) is 59.2 Å². The molecule has 2 N–H and O–H groups in total. The van der Waals surface area contributed by atoms with Gasteiger partial charge < -0.3 is 24.7 Å². The molecule has 1 aliphatic rings. The third kappa shape index (κ3) is 8.74. The molecule has 2 aromatic heterocycles. The molecule has 0 spiro atoms. The minimum absolute atomic E-state index is 0.185. The van der Waals surface area contributed by atoms with E-state index in [1.54, 1.807) is 23.0 Å². The molecule has 4 rings (SSSR count). The van der Waals surface area contributed by atoms with Crippen LogP contribution in [0.5, 0.6) is 0 Å². The number of nitriles is 1. The second kappa shape index (κ2) is 15.3. The molecule has 10 heteroatoms. The van der Waals surface area contributed by atoms with Crippen LogP contribution in [0.4, 0.5) is 5.13 Å². The Kier molecular flexibility index (Phi) is 11.9. The zero-order chi connectivity index (χ0) is 29.0. The fourth-order valence-electron chi connectivity index (χ4n) is 3.79. The van der Waals surface area contributed by atoms with Gasteiger partial charge in [0.25, 0.3) is 5.91 Å². The molecule has 0 aliphatic carbocycles. The van der Waals surface area contributed by atoms with Gasteiger partial charge in [0.05, 0.1) is 37.1 Å². The molecule has 1 aromatic carbocycles. The normalized spacial score (nSPS) is 14.2. The van der Waals surface area contributed by atoms with Gasteiger partial charge in [-0.3, -0.25) is 9.59 Å². The molecule has 3 heterocycles. The number of rotatable bonds is 12. The number of carbonyl (C=O) groups excluding carboxylic acids is 2. The Balaban J connectivity index is 0.000000378. The Hall–Kier alpha value is -3.52. The summed E-state index contributed by atoms with van der Waals surface area (Å²) in [5.74, 6) is 0.0717. The molecule has 1 aliphatic heterocycles. The van der Waals surface area contributed by atoms with Gasteiger partial charge in [-0.2, -0.15) is 5.26 Å². The van der Waals surface area contributed by atoms with Crippen LogP contribution < -0.4 is 10.6 Å². The van der Waals surface area contributed by atoms with Crippen molar-refractivity contribution < 1.29 is 19.1 Å². The summed E-state index contributed by atoms with van der Waals surface area (Å²) in [6, 6.07) is 11.8. The molecular formula is C30H39N5O4S. The summed E-state index contributed by atoms with van der Waals surface area (Å²) in [6.45, 7) is 10.9. The fourth-order valence-corrected chi connectivity index (χ4v) is 4.53. The van der Waals surface area contributed by atoms with Gasteiger partial charge >= 0.3 is 0 Å². The van der Waals surface area contributed by atoms with Gasteiger partial charge in [0, 0.05) is 36.6 Å². The summed E-state index contributed by atoms with van der Waals surface area (Å²) in [6.07, 6.45) is 6.89. The predicted molar refractivity (Wildman–Crippen MR) is 157 cm³/mol. The van der Waals surface area contributed by atoms with Gasteiger partial charge in [0.1, 0.15) is 0 Å². The maximum atomic E-state index is 12.3. The van der Waals surface area contributed by atoms with Crippen LogP contribution in [0.15, 0.2) is 48.1 Å². The number of ether oxygens (including phenoxy) is 2. The molecule has 0 bridgehead atoms. The van der Waals surface area contributed by atoms with Gasteiger partial charge in [0.2, 0.25) is 5.91 Å². The summed E-state index contributed by atoms with van der Waals surface area (Å²) in [5, 5.41) is 17.0. The van der Waals surface area contributed by atoms with E-state index in [1.165, 1.54) is 24.2 Å². The van der Waals surface area contributed by atoms with E-state index in [4.69, 9.17) is 9.47 Å². The second-order valence-electron chi connectivity index (χ2n) is 10.00. The average Bonchev–Trinajstić information content (AvgIpc) is 3.60. The first kappa shape index (κ1) is 31.0. The van der Waals surface area contributed by atoms with Crippen molar-refractivity contribution >= 4 is 28.3 Å². The number of aromatic nitrogens is 2. The number of carbonyl (C=O) groups is 2. The predicted octanol–water partition coefficient (Wildman–Crippen LogP) is 5.39. The van der Waals surface area contributed by atoms with E-state index in [2.05, 4.69) is 42.5 Å². The molecule has 1 fully saturated rings. The maximum Gasteiger partial charge on any atom is 0.253 e. The number of amides is 2. The summed E-state index contributed by atoms with van der Waals surface area (Å²) < 4.78 is 12.2. The lowest BCUT2D eigenvalue weighted by Crippen LogP contribution is -2.50. The molecule has 1 saturated heterocycles. The first-order valence-corrected chi connectivity index (χ1v) is 14.5. The smallest absolute Gasteiger partial charge is 0.253 e. The minimum Gasteiger partial charge on any atom is -0.381 e. The van der Waals surface area contributed by atoms with E-state index in [9.17, 15) is 14.9 Å². The monoisotopic (exact) mass is 565 g/mol. The SMILES string of the molecule is CCCOCCC(C)CC.Cc1cccc(-c2csc(NC(=O)CNC(=O)c3ccn(C4(C#N)COC4)c3)n2)c1. The van der Waals surface area contributed by atoms with Crippen molar-refractivity contribution in [1.29, 1.82) is 5.26 Å². The van der Waals surface area contributed by atoms with Gasteiger partial charge in [-0.05, 0) is 37.8 Å². The molecule has 0 radical (unpaired) electrons. The Morgan fingerprint density at radius 3 is 2.73 bits per heavy atom. The van der Waals surface area contributed by atoms with Crippen molar-refractivity contribution in [3.8, 4) is 17.3 Å². The van der Waals surface area contributed by atoms with E-state index < -0.39 is 11.4 Å². The Morgan fingerprint density at radius 1 is 1.27 bits per heavy atom. The number of hydrogen-bond acceptors (Lipinski definition) is 7. The lowest BCUT2D eigenvalue weighted by atomic mass is 10.00. The molecule has 2 amide bonds. The Labute approximate surface area is 240 Å². The third-order valence-corrected chi connectivity index (χ3v) is 7.37. The zero-order valence-corrected chi connectivity index (χ0v) is 24.6. The van der Waals surface area contributed by atoms with Crippen molar-refractivity contribution in [3.63, 3.8) is 0 Å². The first-order chi connectivity index (χ1) is 19.3. The maximum absolute atomic E-state index is 12.3. The number of benzene rings is 1. The van der Waals surface area contributed by atoms with E-state index in [1.807, 2.05) is 36.6 Å². The van der Waals surface area contributed by atoms with Crippen molar-refractivity contribution in [1.82, 2.24) is 14.9 Å². The molecule has 0 saturated carbocycles. The van der Waals surface area contributed by atoms with E-state index in [0.29, 0.717) is 23.9 Å². The molecular weight excluding hydrogens is 526 g/mol. The number of nitrogens with zero attached hydrogens (tertiary/aromatic N) is 3. The molecule has 1 unspecified atom stereocenters. The quantitative estimate of drug-likeness (QED) is 0.285.